The molecule has 2 aliphatic carbocycles. The van der Waals surface area contributed by atoms with E-state index in [1.165, 1.54) is 0 Å². The van der Waals surface area contributed by atoms with Crippen molar-refractivity contribution in [3.8, 4) is 12.3 Å². The van der Waals surface area contributed by atoms with Gasteiger partial charge in [0.05, 0.1) is 12.1 Å². The molecule has 8 heteroatoms. The zero-order valence-electron chi connectivity index (χ0n) is 19.7. The second kappa shape index (κ2) is 8.51. The minimum Gasteiger partial charge on any atom is -0.347 e. The topological polar surface area (TPSA) is 122 Å². The summed E-state index contributed by atoms with van der Waals surface area (Å²) in [6.45, 7) is 10.3. The summed E-state index contributed by atoms with van der Waals surface area (Å²) in [6, 6.07) is -2.46. The Morgan fingerprint density at radius 1 is 1.22 bits per heavy atom. The molecule has 0 bridgehead atoms. The lowest BCUT2D eigenvalue weighted by molar-refractivity contribution is -0.145. The maximum absolute atomic E-state index is 13.4. The van der Waals surface area contributed by atoms with Gasteiger partial charge in [-0.25, -0.2) is 0 Å². The van der Waals surface area contributed by atoms with E-state index in [1.807, 2.05) is 20.8 Å². The van der Waals surface area contributed by atoms with Gasteiger partial charge in [0.25, 0.3) is 5.91 Å². The fourth-order valence-corrected chi connectivity index (χ4v) is 4.76. The zero-order valence-corrected chi connectivity index (χ0v) is 19.7. The molecular weight excluding hydrogens is 408 g/mol. The fraction of sp³-hybridized carbons (Fsp3) is 0.750. The third kappa shape index (κ3) is 4.68. The monoisotopic (exact) mass is 444 g/mol. The number of hydrogen-bond acceptors (Lipinski definition) is 5. The van der Waals surface area contributed by atoms with Crippen LogP contribution in [0.15, 0.2) is 0 Å². The van der Waals surface area contributed by atoms with Gasteiger partial charge in [-0.2, -0.15) is 0 Å². The summed E-state index contributed by atoms with van der Waals surface area (Å²) in [6.07, 6.45) is 7.47. The maximum Gasteiger partial charge on any atom is 0.289 e. The highest BCUT2D eigenvalue weighted by atomic mass is 16.2. The van der Waals surface area contributed by atoms with E-state index in [0.717, 1.165) is 12.8 Å². The van der Waals surface area contributed by atoms with Crippen molar-refractivity contribution in [2.45, 2.75) is 84.5 Å². The lowest BCUT2D eigenvalue weighted by atomic mass is 9.86. The number of Topliss-reactive ketones (excluding diaryl/α,β-unsaturated/α-hetero) is 1. The van der Waals surface area contributed by atoms with Crippen LogP contribution in [0, 0.1) is 35.0 Å². The summed E-state index contributed by atoms with van der Waals surface area (Å²) >= 11 is 0. The van der Waals surface area contributed by atoms with Gasteiger partial charge in [0, 0.05) is 19.0 Å². The van der Waals surface area contributed by atoms with Crippen molar-refractivity contribution in [1.82, 2.24) is 15.5 Å². The molecular formula is C24H36N4O4. The number of piperidine rings is 1. The fourth-order valence-electron chi connectivity index (χ4n) is 4.76. The zero-order chi connectivity index (χ0) is 24.0. The van der Waals surface area contributed by atoms with Crippen LogP contribution >= 0.6 is 0 Å². The van der Waals surface area contributed by atoms with Crippen molar-refractivity contribution >= 4 is 23.5 Å². The Morgan fingerprint density at radius 2 is 1.84 bits per heavy atom. The average Bonchev–Trinajstić information content (AvgIpc) is 3.55. The number of nitrogens with two attached hydrogens (primary N) is 1. The molecule has 32 heavy (non-hydrogen) atoms. The smallest absolute Gasteiger partial charge is 0.289 e. The Kier molecular flexibility index (Phi) is 6.45. The van der Waals surface area contributed by atoms with Gasteiger partial charge in [0.15, 0.2) is 0 Å². The van der Waals surface area contributed by atoms with E-state index in [9.17, 15) is 19.2 Å². The highest BCUT2D eigenvalue weighted by Crippen LogP contribution is 2.65. The van der Waals surface area contributed by atoms with Crippen LogP contribution in [0.25, 0.3) is 0 Å². The van der Waals surface area contributed by atoms with Gasteiger partial charge in [0.2, 0.25) is 17.6 Å². The summed E-state index contributed by atoms with van der Waals surface area (Å²) in [4.78, 5) is 53.2. The van der Waals surface area contributed by atoms with Crippen molar-refractivity contribution in [2.24, 2.45) is 28.4 Å². The van der Waals surface area contributed by atoms with Crippen LogP contribution in [0.1, 0.15) is 60.3 Å². The number of ketones is 1. The summed E-state index contributed by atoms with van der Waals surface area (Å²) in [5.74, 6) is 0.561. The molecule has 0 radical (unpaired) electrons. The first-order chi connectivity index (χ1) is 14.8. The Labute approximate surface area is 190 Å². The van der Waals surface area contributed by atoms with Gasteiger partial charge in [-0.3, -0.25) is 19.2 Å². The van der Waals surface area contributed by atoms with Crippen LogP contribution in [0.4, 0.5) is 0 Å². The number of nitrogens with one attached hydrogen (secondary N) is 2. The molecule has 0 aromatic heterocycles. The molecule has 3 aliphatic rings. The predicted octanol–water partition coefficient (Wildman–Crippen LogP) is 0.589. The van der Waals surface area contributed by atoms with Gasteiger partial charge >= 0.3 is 0 Å². The molecule has 3 amide bonds. The standard InChI is InChI=1S/C24H36N4O4/c1-7-8-9-15(18(29)21(31)26-13-10-11-13)27-20(30)17-16-14(24(16,5)6)12-28(17)22(32)19(25)23(2,3)4/h1,13-17,19H,8-12,25H2,2-6H3,(H,26,31)(H,27,30)/t14-,15?,16-,17-,19+/m0/s1. The lowest BCUT2D eigenvalue weighted by Crippen LogP contribution is -2.59. The number of hydrogen-bond donors (Lipinski definition) is 3. The summed E-state index contributed by atoms with van der Waals surface area (Å²) in [5.41, 5.74) is 5.69. The van der Waals surface area contributed by atoms with Crippen molar-refractivity contribution in [3.63, 3.8) is 0 Å². The van der Waals surface area contributed by atoms with E-state index in [-0.39, 0.29) is 42.0 Å². The van der Waals surface area contributed by atoms with E-state index in [0.29, 0.717) is 6.54 Å². The summed E-state index contributed by atoms with van der Waals surface area (Å²) in [7, 11) is 0. The predicted molar refractivity (Wildman–Crippen MR) is 120 cm³/mol. The molecule has 3 fully saturated rings. The summed E-state index contributed by atoms with van der Waals surface area (Å²) < 4.78 is 0. The molecule has 0 aromatic rings. The van der Waals surface area contributed by atoms with Crippen LogP contribution in [-0.4, -0.2) is 59.1 Å². The first-order valence-corrected chi connectivity index (χ1v) is 11.4. The molecule has 1 unspecified atom stereocenters. The Hall–Kier alpha value is -2.40. The van der Waals surface area contributed by atoms with Crippen LogP contribution < -0.4 is 16.4 Å². The number of nitrogens with zero attached hydrogens (tertiary/aromatic N) is 1. The first-order valence-electron chi connectivity index (χ1n) is 11.4. The Bertz CT molecular complexity index is 849. The minimum atomic E-state index is -1.02. The van der Waals surface area contributed by atoms with Crippen LogP contribution in [0.2, 0.25) is 0 Å². The molecule has 176 valence electrons. The maximum atomic E-state index is 13.4. The second-order valence-electron chi connectivity index (χ2n) is 11.1. The van der Waals surface area contributed by atoms with Crippen molar-refractivity contribution in [1.29, 1.82) is 0 Å². The van der Waals surface area contributed by atoms with Crippen molar-refractivity contribution in [2.75, 3.05) is 6.54 Å². The van der Waals surface area contributed by atoms with E-state index in [1.54, 1.807) is 4.90 Å². The number of terminal acetylenes is 1. The third-order valence-electron chi connectivity index (χ3n) is 7.31. The van der Waals surface area contributed by atoms with Gasteiger partial charge in [0.1, 0.15) is 6.04 Å². The first kappa shape index (κ1) is 24.2. The van der Waals surface area contributed by atoms with E-state index < -0.39 is 41.1 Å². The Morgan fingerprint density at radius 3 is 2.38 bits per heavy atom. The number of amides is 3. The molecule has 4 N–H and O–H groups in total. The number of fused-ring (bicyclic) bond motifs is 1. The van der Waals surface area contributed by atoms with Crippen molar-refractivity contribution < 1.29 is 19.2 Å². The number of carbonyl (C=O) groups is 4. The number of carbonyl (C=O) groups excluding carboxylic acids is 4. The molecule has 3 rings (SSSR count). The highest BCUT2D eigenvalue weighted by Gasteiger charge is 2.69. The van der Waals surface area contributed by atoms with Gasteiger partial charge < -0.3 is 21.3 Å². The van der Waals surface area contributed by atoms with Crippen LogP contribution in [-0.2, 0) is 19.2 Å². The largest absolute Gasteiger partial charge is 0.347 e. The Balaban J connectivity index is 1.77. The van der Waals surface area contributed by atoms with Crippen LogP contribution in [0.3, 0.4) is 0 Å². The third-order valence-corrected chi connectivity index (χ3v) is 7.31. The highest BCUT2D eigenvalue weighted by molar-refractivity contribution is 6.38. The van der Waals surface area contributed by atoms with E-state index in [4.69, 9.17) is 12.2 Å². The molecule has 1 aliphatic heterocycles. The van der Waals surface area contributed by atoms with Gasteiger partial charge in [-0.05, 0) is 41.9 Å². The van der Waals surface area contributed by atoms with E-state index in [2.05, 4.69) is 30.4 Å². The van der Waals surface area contributed by atoms with Gasteiger partial charge in [-0.15, -0.1) is 12.3 Å². The van der Waals surface area contributed by atoms with Crippen molar-refractivity contribution in [3.05, 3.63) is 0 Å². The average molecular weight is 445 g/mol. The normalized spacial score (nSPS) is 27.5. The molecule has 0 aromatic carbocycles. The molecule has 1 heterocycles. The number of likely N-dealkylation sites (tertiary alicyclic amines) is 1. The molecule has 2 saturated carbocycles. The molecule has 8 nitrogen and oxygen atoms in total. The SMILES string of the molecule is C#CCCC(NC(=O)[C@@H]1[C@@H]2[C@H](CN1C(=O)[C@@H](N)C(C)(C)C)C2(C)C)C(=O)C(=O)NC1CC1. The number of rotatable bonds is 8. The van der Waals surface area contributed by atoms with E-state index >= 15 is 0 Å². The minimum absolute atomic E-state index is 0.0118. The summed E-state index contributed by atoms with van der Waals surface area (Å²) in [5, 5.41) is 5.42. The second-order valence-corrected chi connectivity index (χ2v) is 11.1. The van der Waals surface area contributed by atoms with Crippen LogP contribution in [0.5, 0.6) is 0 Å². The lowest BCUT2D eigenvalue weighted by Gasteiger charge is -2.36. The molecule has 1 saturated heterocycles. The molecule has 5 atom stereocenters. The van der Waals surface area contributed by atoms with Gasteiger partial charge in [-0.1, -0.05) is 34.6 Å². The quantitative estimate of drug-likeness (QED) is 0.374. The molecule has 0 spiro atoms.